The van der Waals surface area contributed by atoms with E-state index in [2.05, 4.69) is 25.6 Å². The van der Waals surface area contributed by atoms with E-state index >= 15 is 0 Å². The Morgan fingerprint density at radius 3 is 2.89 bits per heavy atom. The second-order valence-electron chi connectivity index (χ2n) is 3.57. The van der Waals surface area contributed by atoms with Crippen molar-refractivity contribution in [2.24, 2.45) is 0 Å². The Labute approximate surface area is 113 Å². The van der Waals surface area contributed by atoms with Crippen molar-refractivity contribution in [2.75, 3.05) is 6.54 Å². The number of pyridine rings is 1. The van der Waals surface area contributed by atoms with Crippen LogP contribution in [0.4, 0.5) is 0 Å². The fourth-order valence-electron chi connectivity index (χ4n) is 1.39. The molecule has 0 amide bonds. The van der Waals surface area contributed by atoms with Crippen molar-refractivity contribution in [2.45, 2.75) is 11.3 Å². The van der Waals surface area contributed by atoms with E-state index in [1.54, 1.807) is 18.4 Å². The van der Waals surface area contributed by atoms with Crippen LogP contribution >= 0.6 is 15.9 Å². The van der Waals surface area contributed by atoms with Gasteiger partial charge in [0.2, 0.25) is 10.0 Å². The summed E-state index contributed by atoms with van der Waals surface area (Å²) in [6.07, 6.45) is 4.90. The molecular weight excluding hydrogens is 320 g/mol. The molecule has 0 aliphatic heterocycles. The highest BCUT2D eigenvalue weighted by Gasteiger charge is 2.14. The van der Waals surface area contributed by atoms with Crippen LogP contribution < -0.4 is 4.72 Å². The number of hydrogen-bond acceptors (Lipinski definition) is 4. The summed E-state index contributed by atoms with van der Waals surface area (Å²) in [5.41, 5.74) is 0. The van der Waals surface area contributed by atoms with Crippen LogP contribution in [0, 0.1) is 0 Å². The minimum atomic E-state index is -3.52. The first-order valence-corrected chi connectivity index (χ1v) is 7.48. The summed E-state index contributed by atoms with van der Waals surface area (Å²) in [6.45, 7) is 0.280. The maximum Gasteiger partial charge on any atom is 0.242 e. The van der Waals surface area contributed by atoms with E-state index in [1.807, 2.05) is 0 Å². The molecule has 2 rings (SSSR count). The van der Waals surface area contributed by atoms with E-state index in [0.717, 1.165) is 5.76 Å². The molecule has 0 saturated heterocycles. The molecule has 0 saturated carbocycles. The van der Waals surface area contributed by atoms with Crippen molar-refractivity contribution in [1.29, 1.82) is 0 Å². The van der Waals surface area contributed by atoms with Crippen LogP contribution in [0.25, 0.3) is 0 Å². The smallest absolute Gasteiger partial charge is 0.242 e. The van der Waals surface area contributed by atoms with Gasteiger partial charge in [0.1, 0.15) is 10.7 Å². The third-order valence-corrected chi connectivity index (χ3v) is 4.10. The summed E-state index contributed by atoms with van der Waals surface area (Å²) in [4.78, 5) is 3.96. The first kappa shape index (κ1) is 13.3. The number of furan rings is 1. The third-order valence-electron chi connectivity index (χ3n) is 2.23. The van der Waals surface area contributed by atoms with Crippen LogP contribution in [0.5, 0.6) is 0 Å². The normalized spacial score (nSPS) is 11.6. The molecule has 0 bridgehead atoms. The minimum Gasteiger partial charge on any atom is -0.469 e. The average Bonchev–Trinajstić information content (AvgIpc) is 2.82. The van der Waals surface area contributed by atoms with E-state index in [4.69, 9.17) is 4.42 Å². The molecule has 7 heteroatoms. The number of sulfonamides is 1. The zero-order chi connectivity index (χ0) is 13.0. The summed E-state index contributed by atoms with van der Waals surface area (Å²) in [5.74, 6) is 0.741. The molecule has 0 spiro atoms. The Morgan fingerprint density at radius 2 is 2.22 bits per heavy atom. The van der Waals surface area contributed by atoms with Crippen LogP contribution in [0.3, 0.4) is 0 Å². The molecular formula is C11H11BrN2O3S. The molecule has 1 N–H and O–H groups in total. The van der Waals surface area contributed by atoms with Gasteiger partial charge in [-0.3, -0.25) is 4.98 Å². The first-order valence-electron chi connectivity index (χ1n) is 5.20. The third kappa shape index (κ3) is 3.41. The fourth-order valence-corrected chi connectivity index (χ4v) is 2.92. The molecule has 0 aliphatic rings. The van der Waals surface area contributed by atoms with Crippen LogP contribution in [0.1, 0.15) is 5.76 Å². The van der Waals surface area contributed by atoms with E-state index in [0.29, 0.717) is 10.9 Å². The van der Waals surface area contributed by atoms with Gasteiger partial charge in [-0.25, -0.2) is 13.1 Å². The highest BCUT2D eigenvalue weighted by Crippen LogP contribution is 2.14. The molecule has 0 radical (unpaired) electrons. The van der Waals surface area contributed by atoms with Gasteiger partial charge in [-0.1, -0.05) is 0 Å². The van der Waals surface area contributed by atoms with Gasteiger partial charge in [0.05, 0.1) is 6.26 Å². The van der Waals surface area contributed by atoms with Gasteiger partial charge in [-0.05, 0) is 34.1 Å². The van der Waals surface area contributed by atoms with Gasteiger partial charge < -0.3 is 4.42 Å². The Balaban J connectivity index is 1.99. The maximum atomic E-state index is 11.9. The average molecular weight is 331 g/mol. The van der Waals surface area contributed by atoms with Crippen LogP contribution in [-0.4, -0.2) is 19.9 Å². The summed E-state index contributed by atoms with van der Waals surface area (Å²) in [7, 11) is -3.52. The van der Waals surface area contributed by atoms with Gasteiger partial charge in [-0.2, -0.15) is 0 Å². The SMILES string of the molecule is O=S(=O)(NCCc1ccco1)c1cncc(Br)c1. The van der Waals surface area contributed by atoms with E-state index in [-0.39, 0.29) is 11.4 Å². The number of hydrogen-bond donors (Lipinski definition) is 1. The van der Waals surface area contributed by atoms with Gasteiger partial charge in [0.25, 0.3) is 0 Å². The second-order valence-corrected chi connectivity index (χ2v) is 6.25. The summed E-state index contributed by atoms with van der Waals surface area (Å²) in [6, 6.07) is 5.07. The highest BCUT2D eigenvalue weighted by molar-refractivity contribution is 9.10. The highest BCUT2D eigenvalue weighted by atomic mass is 79.9. The molecule has 2 heterocycles. The van der Waals surface area contributed by atoms with E-state index in [9.17, 15) is 8.42 Å². The Hall–Kier alpha value is -1.18. The van der Waals surface area contributed by atoms with Gasteiger partial charge in [0, 0.05) is 29.8 Å². The van der Waals surface area contributed by atoms with Gasteiger partial charge in [-0.15, -0.1) is 0 Å². The number of rotatable bonds is 5. The summed E-state index contributed by atoms with van der Waals surface area (Å²) < 4.78 is 32.1. The van der Waals surface area contributed by atoms with Crippen molar-refractivity contribution in [3.8, 4) is 0 Å². The molecule has 0 fully saturated rings. The number of halogens is 1. The first-order chi connectivity index (χ1) is 8.58. The molecule has 0 atom stereocenters. The van der Waals surface area contributed by atoms with Crippen LogP contribution in [0.2, 0.25) is 0 Å². The van der Waals surface area contributed by atoms with E-state index < -0.39 is 10.0 Å². The zero-order valence-electron chi connectivity index (χ0n) is 9.34. The summed E-state index contributed by atoms with van der Waals surface area (Å²) in [5, 5.41) is 0. The lowest BCUT2D eigenvalue weighted by molar-refractivity contribution is 0.506. The zero-order valence-corrected chi connectivity index (χ0v) is 11.7. The monoisotopic (exact) mass is 330 g/mol. The van der Waals surface area contributed by atoms with Crippen molar-refractivity contribution in [3.05, 3.63) is 47.1 Å². The number of nitrogens with one attached hydrogen (secondary N) is 1. The lowest BCUT2D eigenvalue weighted by Crippen LogP contribution is -2.26. The maximum absolute atomic E-state index is 11.9. The topological polar surface area (TPSA) is 72.2 Å². The molecule has 5 nitrogen and oxygen atoms in total. The fraction of sp³-hybridized carbons (Fsp3) is 0.182. The van der Waals surface area contributed by atoms with Crippen molar-refractivity contribution < 1.29 is 12.8 Å². The molecule has 0 aliphatic carbocycles. The Kier molecular flexibility index (Phi) is 4.15. The number of nitrogens with zero attached hydrogens (tertiary/aromatic N) is 1. The predicted octanol–water partition coefficient (Wildman–Crippen LogP) is 1.96. The molecule has 0 aromatic carbocycles. The molecule has 96 valence electrons. The molecule has 18 heavy (non-hydrogen) atoms. The Morgan fingerprint density at radius 1 is 1.39 bits per heavy atom. The second kappa shape index (κ2) is 5.64. The molecule has 2 aromatic rings. The minimum absolute atomic E-state index is 0.135. The van der Waals surface area contributed by atoms with Crippen LogP contribution in [0.15, 0.2) is 50.6 Å². The van der Waals surface area contributed by atoms with Crippen molar-refractivity contribution in [1.82, 2.24) is 9.71 Å². The van der Waals surface area contributed by atoms with Crippen molar-refractivity contribution in [3.63, 3.8) is 0 Å². The Bertz CT molecular complexity index is 611. The van der Waals surface area contributed by atoms with Gasteiger partial charge in [0.15, 0.2) is 0 Å². The molecule has 0 unspecified atom stereocenters. The predicted molar refractivity (Wildman–Crippen MR) is 69.5 cm³/mol. The standard InChI is InChI=1S/C11H11BrN2O3S/c12-9-6-11(8-13-7-9)18(15,16)14-4-3-10-2-1-5-17-10/h1-2,5-8,14H,3-4H2. The lowest BCUT2D eigenvalue weighted by atomic mass is 10.3. The largest absolute Gasteiger partial charge is 0.469 e. The quantitative estimate of drug-likeness (QED) is 0.909. The summed E-state index contributed by atoms with van der Waals surface area (Å²) >= 11 is 3.18. The number of aromatic nitrogens is 1. The lowest BCUT2D eigenvalue weighted by Gasteiger charge is -2.05. The molecule has 2 aromatic heterocycles. The van der Waals surface area contributed by atoms with E-state index in [1.165, 1.54) is 18.5 Å². The van der Waals surface area contributed by atoms with Crippen molar-refractivity contribution >= 4 is 26.0 Å². The van der Waals surface area contributed by atoms with Crippen LogP contribution in [-0.2, 0) is 16.4 Å². The van der Waals surface area contributed by atoms with Gasteiger partial charge >= 0.3 is 0 Å².